The van der Waals surface area contributed by atoms with Crippen molar-refractivity contribution in [3.63, 3.8) is 0 Å². The van der Waals surface area contributed by atoms with E-state index in [9.17, 15) is 4.79 Å². The van der Waals surface area contributed by atoms with Gasteiger partial charge >= 0.3 is 5.97 Å². The number of nitrogens with zero attached hydrogens (tertiary/aromatic N) is 5. The molecule has 7 heteroatoms. The van der Waals surface area contributed by atoms with Gasteiger partial charge in [0.2, 0.25) is 0 Å². The number of tetrazole rings is 1. The van der Waals surface area contributed by atoms with Crippen molar-refractivity contribution in [1.29, 1.82) is 0 Å². The Bertz CT molecular complexity index is 420. The molecule has 1 aromatic heterocycles. The minimum atomic E-state index is -0.709. The van der Waals surface area contributed by atoms with Crippen LogP contribution in [0.1, 0.15) is 38.4 Å². The quantitative estimate of drug-likeness (QED) is 0.785. The number of hydrogen-bond acceptors (Lipinski definition) is 5. The van der Waals surface area contributed by atoms with E-state index in [1.165, 1.54) is 0 Å². The Morgan fingerprint density at radius 1 is 1.53 bits per heavy atom. The van der Waals surface area contributed by atoms with Gasteiger partial charge in [0.25, 0.3) is 0 Å². The summed E-state index contributed by atoms with van der Waals surface area (Å²) in [6.45, 7) is 5.46. The van der Waals surface area contributed by atoms with E-state index in [4.69, 9.17) is 5.11 Å². The predicted octanol–water partition coefficient (Wildman–Crippen LogP) is 0.770. The average Bonchev–Trinajstić information content (AvgIpc) is 2.96. The summed E-state index contributed by atoms with van der Waals surface area (Å²) in [5, 5.41) is 20.6. The first-order valence-electron chi connectivity index (χ1n) is 6.88. The Hall–Kier alpha value is -1.50. The van der Waals surface area contributed by atoms with E-state index in [0.29, 0.717) is 6.54 Å². The number of carboxylic acids is 1. The Kier molecular flexibility index (Phi) is 4.84. The van der Waals surface area contributed by atoms with Crippen LogP contribution in [0.2, 0.25) is 0 Å². The number of likely N-dealkylation sites (tertiary alicyclic amines) is 1. The van der Waals surface area contributed by atoms with Gasteiger partial charge in [-0.2, -0.15) is 0 Å². The minimum Gasteiger partial charge on any atom is -0.481 e. The van der Waals surface area contributed by atoms with Gasteiger partial charge in [0.1, 0.15) is 0 Å². The van der Waals surface area contributed by atoms with Crippen LogP contribution in [-0.2, 0) is 17.9 Å². The molecule has 1 atom stereocenters. The fraction of sp³-hybridized carbons (Fsp3) is 0.833. The highest BCUT2D eigenvalue weighted by molar-refractivity contribution is 5.67. The molecule has 1 fully saturated rings. The Labute approximate surface area is 112 Å². The van der Waals surface area contributed by atoms with Crippen LogP contribution >= 0.6 is 0 Å². The summed E-state index contributed by atoms with van der Waals surface area (Å²) < 4.78 is 1.86. The molecule has 0 saturated carbocycles. The van der Waals surface area contributed by atoms with Gasteiger partial charge < -0.3 is 5.11 Å². The average molecular weight is 267 g/mol. The first-order chi connectivity index (χ1) is 9.19. The molecule has 0 bridgehead atoms. The second kappa shape index (κ2) is 6.60. The number of aryl methyl sites for hydroxylation is 1. The van der Waals surface area contributed by atoms with Gasteiger partial charge in [-0.25, -0.2) is 4.68 Å². The maximum absolute atomic E-state index is 10.7. The maximum Gasteiger partial charge on any atom is 0.303 e. The van der Waals surface area contributed by atoms with Gasteiger partial charge in [0.05, 0.1) is 6.54 Å². The summed E-state index contributed by atoms with van der Waals surface area (Å²) in [5.74, 6) is 0.432. The van der Waals surface area contributed by atoms with Crippen LogP contribution in [0.15, 0.2) is 0 Å². The molecule has 7 nitrogen and oxygen atoms in total. The summed E-state index contributed by atoms with van der Waals surface area (Å²) in [7, 11) is 0. The molecule has 0 radical (unpaired) electrons. The molecule has 1 aliphatic heterocycles. The fourth-order valence-corrected chi connectivity index (χ4v) is 2.49. The Morgan fingerprint density at radius 3 is 3.11 bits per heavy atom. The van der Waals surface area contributed by atoms with Crippen molar-refractivity contribution in [2.45, 2.75) is 45.7 Å². The zero-order valence-corrected chi connectivity index (χ0v) is 11.3. The number of carboxylic acid groups (broad SMARTS) is 1. The molecule has 1 aliphatic rings. The number of rotatable bonds is 7. The smallest absolute Gasteiger partial charge is 0.303 e. The number of aliphatic carboxylic acids is 1. The van der Waals surface area contributed by atoms with E-state index in [-0.39, 0.29) is 12.3 Å². The van der Waals surface area contributed by atoms with Gasteiger partial charge in [-0.05, 0) is 35.7 Å². The number of carbonyl (C=O) groups is 1. The normalized spacial score (nSPS) is 19.9. The fourth-order valence-electron chi connectivity index (χ4n) is 2.49. The van der Waals surface area contributed by atoms with Crippen molar-refractivity contribution in [2.24, 2.45) is 5.92 Å². The summed E-state index contributed by atoms with van der Waals surface area (Å²) in [6.07, 6.45) is 3.39. The third-order valence-electron chi connectivity index (χ3n) is 3.53. The Morgan fingerprint density at radius 2 is 2.37 bits per heavy atom. The lowest BCUT2D eigenvalue weighted by atomic mass is 10.1. The summed E-state index contributed by atoms with van der Waals surface area (Å²) in [6, 6.07) is 0. The molecule has 0 aliphatic carbocycles. The van der Waals surface area contributed by atoms with Crippen molar-refractivity contribution in [3.8, 4) is 0 Å². The van der Waals surface area contributed by atoms with Crippen LogP contribution in [0.25, 0.3) is 0 Å². The molecule has 106 valence electrons. The van der Waals surface area contributed by atoms with Crippen LogP contribution in [0, 0.1) is 5.92 Å². The SMILES string of the molecule is CCCCn1nnnc1CN1CCC(CC(=O)O)C1. The molecular weight excluding hydrogens is 246 g/mol. The van der Waals surface area contributed by atoms with Crippen molar-refractivity contribution in [2.75, 3.05) is 13.1 Å². The van der Waals surface area contributed by atoms with Crippen molar-refractivity contribution in [3.05, 3.63) is 5.82 Å². The summed E-state index contributed by atoms with van der Waals surface area (Å²) in [4.78, 5) is 12.9. The summed E-state index contributed by atoms with van der Waals surface area (Å²) >= 11 is 0. The number of aromatic nitrogens is 4. The minimum absolute atomic E-state index is 0.261. The van der Waals surface area contributed by atoms with E-state index >= 15 is 0 Å². The van der Waals surface area contributed by atoms with Gasteiger partial charge in [-0.3, -0.25) is 9.69 Å². The third-order valence-corrected chi connectivity index (χ3v) is 3.53. The lowest BCUT2D eigenvalue weighted by Crippen LogP contribution is -2.23. The van der Waals surface area contributed by atoms with Crippen LogP contribution < -0.4 is 0 Å². The van der Waals surface area contributed by atoms with E-state index in [1.54, 1.807) is 0 Å². The van der Waals surface area contributed by atoms with E-state index in [1.807, 2.05) is 4.68 Å². The van der Waals surface area contributed by atoms with Gasteiger partial charge in [-0.1, -0.05) is 13.3 Å². The molecule has 1 unspecified atom stereocenters. The largest absolute Gasteiger partial charge is 0.481 e. The third kappa shape index (κ3) is 3.99. The zero-order chi connectivity index (χ0) is 13.7. The monoisotopic (exact) mass is 267 g/mol. The Balaban J connectivity index is 1.85. The van der Waals surface area contributed by atoms with Crippen LogP contribution in [-0.4, -0.2) is 49.3 Å². The first-order valence-corrected chi connectivity index (χ1v) is 6.88. The highest BCUT2D eigenvalue weighted by Gasteiger charge is 2.25. The molecule has 1 aromatic rings. The van der Waals surface area contributed by atoms with E-state index in [2.05, 4.69) is 27.3 Å². The van der Waals surface area contributed by atoms with Crippen LogP contribution in [0.4, 0.5) is 0 Å². The molecule has 1 N–H and O–H groups in total. The van der Waals surface area contributed by atoms with Crippen molar-refractivity contribution in [1.82, 2.24) is 25.1 Å². The van der Waals surface area contributed by atoms with Gasteiger partial charge in [-0.15, -0.1) is 5.10 Å². The molecule has 0 aromatic carbocycles. The maximum atomic E-state index is 10.7. The van der Waals surface area contributed by atoms with Crippen LogP contribution in [0.3, 0.4) is 0 Å². The topological polar surface area (TPSA) is 84.1 Å². The molecule has 0 amide bonds. The number of hydrogen-bond donors (Lipinski definition) is 1. The van der Waals surface area contributed by atoms with Crippen LogP contribution in [0.5, 0.6) is 0 Å². The summed E-state index contributed by atoms with van der Waals surface area (Å²) in [5.41, 5.74) is 0. The lowest BCUT2D eigenvalue weighted by Gasteiger charge is -2.14. The number of unbranched alkanes of at least 4 members (excludes halogenated alkanes) is 1. The molecule has 1 saturated heterocycles. The molecule has 2 rings (SSSR count). The molecule has 2 heterocycles. The molecular formula is C12H21N5O2. The highest BCUT2D eigenvalue weighted by atomic mass is 16.4. The second-order valence-corrected chi connectivity index (χ2v) is 5.16. The molecule has 19 heavy (non-hydrogen) atoms. The zero-order valence-electron chi connectivity index (χ0n) is 11.3. The second-order valence-electron chi connectivity index (χ2n) is 5.16. The van der Waals surface area contributed by atoms with Gasteiger partial charge in [0.15, 0.2) is 5.82 Å². The van der Waals surface area contributed by atoms with E-state index < -0.39 is 5.97 Å². The first kappa shape index (κ1) is 13.9. The standard InChI is InChI=1S/C12H21N5O2/c1-2-3-5-17-11(13-14-15-17)9-16-6-4-10(8-16)7-12(18)19/h10H,2-9H2,1H3,(H,18,19). The van der Waals surface area contributed by atoms with Gasteiger partial charge in [0, 0.05) is 19.5 Å². The van der Waals surface area contributed by atoms with Crippen molar-refractivity contribution >= 4 is 5.97 Å². The molecule has 0 spiro atoms. The predicted molar refractivity (Wildman–Crippen MR) is 68.4 cm³/mol. The van der Waals surface area contributed by atoms with E-state index in [0.717, 1.165) is 44.7 Å². The lowest BCUT2D eigenvalue weighted by molar-refractivity contribution is -0.138. The van der Waals surface area contributed by atoms with Crippen molar-refractivity contribution < 1.29 is 9.90 Å². The highest BCUT2D eigenvalue weighted by Crippen LogP contribution is 2.20.